The van der Waals surface area contributed by atoms with Crippen molar-refractivity contribution in [2.24, 2.45) is 0 Å². The van der Waals surface area contributed by atoms with E-state index in [9.17, 15) is 9.59 Å². The molecular formula is C17H18O2. The quantitative estimate of drug-likeness (QED) is 0.761. The summed E-state index contributed by atoms with van der Waals surface area (Å²) in [5.41, 5.74) is 5.24. The van der Waals surface area contributed by atoms with E-state index in [2.05, 4.69) is 39.0 Å². The van der Waals surface area contributed by atoms with Gasteiger partial charge in [-0.1, -0.05) is 59.2 Å². The lowest BCUT2D eigenvalue weighted by Gasteiger charge is -1.96. The Kier molecular flexibility index (Phi) is 5.68. The van der Waals surface area contributed by atoms with Gasteiger partial charge in [0.1, 0.15) is 12.6 Å². The fourth-order valence-electron chi connectivity index (χ4n) is 1.86. The van der Waals surface area contributed by atoms with Crippen LogP contribution in [0.25, 0.3) is 0 Å². The van der Waals surface area contributed by atoms with Crippen molar-refractivity contribution in [2.45, 2.75) is 20.8 Å². The molecule has 19 heavy (non-hydrogen) atoms. The smallest absolute Gasteiger partial charge is 0.150 e. The second-order valence-electron chi connectivity index (χ2n) is 4.57. The normalized spacial score (nSPS) is 9.21. The lowest BCUT2D eigenvalue weighted by atomic mass is 10.1. The second kappa shape index (κ2) is 7.27. The van der Waals surface area contributed by atoms with Crippen LogP contribution in [0.5, 0.6) is 0 Å². The van der Waals surface area contributed by atoms with Crippen molar-refractivity contribution in [3.63, 3.8) is 0 Å². The van der Waals surface area contributed by atoms with Crippen molar-refractivity contribution in [3.8, 4) is 0 Å². The molecule has 0 bridgehead atoms. The Morgan fingerprint density at radius 2 is 0.895 bits per heavy atom. The zero-order chi connectivity index (χ0) is 14.3. The van der Waals surface area contributed by atoms with E-state index in [1.54, 1.807) is 24.3 Å². The lowest BCUT2D eigenvalue weighted by molar-refractivity contribution is 0.111. The lowest BCUT2D eigenvalue weighted by Crippen LogP contribution is -1.81. The number of aryl methyl sites for hydroxylation is 3. The van der Waals surface area contributed by atoms with Gasteiger partial charge in [-0.25, -0.2) is 0 Å². The molecule has 0 unspecified atom stereocenters. The van der Waals surface area contributed by atoms with E-state index in [0.29, 0.717) is 11.1 Å². The van der Waals surface area contributed by atoms with Crippen LogP contribution in [-0.2, 0) is 0 Å². The summed E-state index contributed by atoms with van der Waals surface area (Å²) in [4.78, 5) is 20.2. The zero-order valence-corrected chi connectivity index (χ0v) is 11.5. The van der Waals surface area contributed by atoms with E-state index in [1.165, 1.54) is 16.7 Å². The van der Waals surface area contributed by atoms with Gasteiger partial charge in [-0.3, -0.25) is 9.59 Å². The van der Waals surface area contributed by atoms with Gasteiger partial charge in [-0.05, 0) is 20.8 Å². The second-order valence-corrected chi connectivity index (χ2v) is 4.57. The molecule has 2 heteroatoms. The summed E-state index contributed by atoms with van der Waals surface area (Å²) in [6.07, 6.45) is 1.49. The van der Waals surface area contributed by atoms with E-state index in [-0.39, 0.29) is 0 Å². The van der Waals surface area contributed by atoms with Gasteiger partial charge in [0.05, 0.1) is 0 Å². The molecule has 0 aliphatic heterocycles. The molecule has 0 saturated heterocycles. The van der Waals surface area contributed by atoms with Crippen LogP contribution in [0, 0.1) is 20.8 Å². The number of benzene rings is 2. The molecule has 0 saturated carbocycles. The van der Waals surface area contributed by atoms with Gasteiger partial charge >= 0.3 is 0 Å². The zero-order valence-electron chi connectivity index (χ0n) is 11.5. The molecule has 2 nitrogen and oxygen atoms in total. The van der Waals surface area contributed by atoms with E-state index < -0.39 is 0 Å². The molecule has 0 fully saturated rings. The van der Waals surface area contributed by atoms with Crippen LogP contribution in [0.15, 0.2) is 42.5 Å². The molecule has 0 heterocycles. The van der Waals surface area contributed by atoms with Gasteiger partial charge in [0, 0.05) is 11.1 Å². The summed E-state index contributed by atoms with van der Waals surface area (Å²) in [5, 5.41) is 0. The van der Waals surface area contributed by atoms with Gasteiger partial charge in [0.15, 0.2) is 0 Å². The highest BCUT2D eigenvalue weighted by atomic mass is 16.1. The Hall–Kier alpha value is -2.22. The molecule has 0 aliphatic carbocycles. The predicted octanol–water partition coefficient (Wildman–Crippen LogP) is 3.92. The Balaban J connectivity index is 0.000000191. The van der Waals surface area contributed by atoms with Crippen molar-refractivity contribution in [3.05, 3.63) is 70.3 Å². The summed E-state index contributed by atoms with van der Waals surface area (Å²) in [7, 11) is 0. The van der Waals surface area contributed by atoms with Gasteiger partial charge in [0.25, 0.3) is 0 Å². The van der Waals surface area contributed by atoms with Crippen LogP contribution >= 0.6 is 0 Å². The molecule has 0 aromatic heterocycles. The van der Waals surface area contributed by atoms with Crippen LogP contribution in [-0.4, -0.2) is 12.6 Å². The van der Waals surface area contributed by atoms with Gasteiger partial charge in [0.2, 0.25) is 0 Å². The third-order valence-electron chi connectivity index (χ3n) is 2.57. The first-order chi connectivity index (χ1) is 9.05. The topological polar surface area (TPSA) is 34.1 Å². The van der Waals surface area contributed by atoms with Crippen molar-refractivity contribution in [2.75, 3.05) is 0 Å². The maximum absolute atomic E-state index is 10.1. The SMILES string of the molecule is Cc1cc(C)cc(C)c1.O=Cc1ccc(C=O)cc1. The Labute approximate surface area is 114 Å². The van der Waals surface area contributed by atoms with Crippen molar-refractivity contribution in [1.82, 2.24) is 0 Å². The van der Waals surface area contributed by atoms with Gasteiger partial charge < -0.3 is 0 Å². The molecule has 98 valence electrons. The van der Waals surface area contributed by atoms with Crippen LogP contribution in [0.4, 0.5) is 0 Å². The predicted molar refractivity (Wildman–Crippen MR) is 77.9 cm³/mol. The summed E-state index contributed by atoms with van der Waals surface area (Å²) < 4.78 is 0. The fourth-order valence-corrected chi connectivity index (χ4v) is 1.86. The van der Waals surface area contributed by atoms with E-state index in [4.69, 9.17) is 0 Å². The summed E-state index contributed by atoms with van der Waals surface area (Å²) in [6.45, 7) is 6.38. The highest BCUT2D eigenvalue weighted by Gasteiger charge is 1.89. The number of hydrogen-bond acceptors (Lipinski definition) is 2. The number of aldehydes is 2. The monoisotopic (exact) mass is 254 g/mol. The van der Waals surface area contributed by atoms with Crippen molar-refractivity contribution < 1.29 is 9.59 Å². The van der Waals surface area contributed by atoms with Crippen LogP contribution in [0.1, 0.15) is 37.4 Å². The summed E-state index contributed by atoms with van der Waals surface area (Å²) in [5.74, 6) is 0. The number of carbonyl (C=O) groups is 2. The van der Waals surface area contributed by atoms with Crippen molar-refractivity contribution >= 4 is 12.6 Å². The molecule has 0 N–H and O–H groups in total. The molecule has 2 aromatic rings. The van der Waals surface area contributed by atoms with Crippen LogP contribution < -0.4 is 0 Å². The molecule has 0 spiro atoms. The van der Waals surface area contributed by atoms with Gasteiger partial charge in [-0.15, -0.1) is 0 Å². The van der Waals surface area contributed by atoms with E-state index in [0.717, 1.165) is 12.6 Å². The van der Waals surface area contributed by atoms with Crippen LogP contribution in [0.2, 0.25) is 0 Å². The highest BCUT2D eigenvalue weighted by molar-refractivity contribution is 5.79. The third-order valence-corrected chi connectivity index (χ3v) is 2.57. The average molecular weight is 254 g/mol. The average Bonchev–Trinajstić information content (AvgIpc) is 2.38. The van der Waals surface area contributed by atoms with Gasteiger partial charge in [-0.2, -0.15) is 0 Å². The molecule has 0 aliphatic rings. The number of carbonyl (C=O) groups excluding carboxylic acids is 2. The molecule has 0 amide bonds. The molecule has 0 atom stereocenters. The molecule has 2 rings (SSSR count). The minimum Gasteiger partial charge on any atom is -0.298 e. The largest absolute Gasteiger partial charge is 0.298 e. The first-order valence-electron chi connectivity index (χ1n) is 6.10. The van der Waals surface area contributed by atoms with E-state index in [1.807, 2.05) is 0 Å². The number of hydrogen-bond donors (Lipinski definition) is 0. The fraction of sp³-hybridized carbons (Fsp3) is 0.176. The standard InChI is InChI=1S/C9H12.C8H6O2/c1-7-4-8(2)6-9(3)5-7;9-5-7-1-2-8(6-10)4-3-7/h4-6H,1-3H3;1-6H. The van der Waals surface area contributed by atoms with Crippen LogP contribution in [0.3, 0.4) is 0 Å². The summed E-state index contributed by atoms with van der Waals surface area (Å²) >= 11 is 0. The Morgan fingerprint density at radius 1 is 0.632 bits per heavy atom. The maximum Gasteiger partial charge on any atom is 0.150 e. The molecule has 2 aromatic carbocycles. The van der Waals surface area contributed by atoms with E-state index >= 15 is 0 Å². The minimum atomic E-state index is 0.589. The highest BCUT2D eigenvalue weighted by Crippen LogP contribution is 2.06. The molecule has 0 radical (unpaired) electrons. The number of rotatable bonds is 2. The third kappa shape index (κ3) is 5.30. The first kappa shape index (κ1) is 14.8. The Bertz CT molecular complexity index is 476. The maximum atomic E-state index is 10.1. The first-order valence-corrected chi connectivity index (χ1v) is 6.10. The minimum absolute atomic E-state index is 0.589. The molecular weight excluding hydrogens is 236 g/mol. The summed E-state index contributed by atoms with van der Waals surface area (Å²) in [6, 6.07) is 13.0. The van der Waals surface area contributed by atoms with Crippen molar-refractivity contribution in [1.29, 1.82) is 0 Å². The Morgan fingerprint density at radius 3 is 1.11 bits per heavy atom.